The van der Waals surface area contributed by atoms with Gasteiger partial charge >= 0.3 is 6.18 Å². The Kier molecular flexibility index (Phi) is 3.25. The molecule has 0 saturated carbocycles. The highest BCUT2D eigenvalue weighted by Gasteiger charge is 2.33. The van der Waals surface area contributed by atoms with Crippen molar-refractivity contribution in [2.24, 2.45) is 5.90 Å². The summed E-state index contributed by atoms with van der Waals surface area (Å²) in [5.74, 6) is 4.13. The summed E-state index contributed by atoms with van der Waals surface area (Å²) in [5, 5.41) is 0. The van der Waals surface area contributed by atoms with E-state index in [-0.39, 0.29) is 5.56 Å². The van der Waals surface area contributed by atoms with Gasteiger partial charge in [0.1, 0.15) is 11.4 Å². The summed E-state index contributed by atoms with van der Waals surface area (Å²) in [5.41, 5.74) is -2.48. The monoisotopic (exact) mass is 237 g/mol. The molecular weight excluding hydrogens is 226 g/mol. The Morgan fingerprint density at radius 1 is 1.19 bits per heavy atom. The first-order valence-electron chi connectivity index (χ1n) is 4.43. The molecule has 16 heavy (non-hydrogen) atoms. The van der Waals surface area contributed by atoms with Crippen LogP contribution in [0.5, 0.6) is 0 Å². The molecule has 2 N–H and O–H groups in total. The van der Waals surface area contributed by atoms with Crippen molar-refractivity contribution in [2.75, 3.05) is 0 Å². The van der Waals surface area contributed by atoms with Crippen LogP contribution in [0.3, 0.4) is 0 Å². The molecule has 0 amide bonds. The third-order valence-electron chi connectivity index (χ3n) is 2.24. The maximum absolute atomic E-state index is 13.3. The Morgan fingerprint density at radius 2 is 1.75 bits per heavy atom. The average molecular weight is 237 g/mol. The van der Waals surface area contributed by atoms with E-state index >= 15 is 0 Å². The molecule has 0 saturated heterocycles. The lowest BCUT2D eigenvalue weighted by Crippen LogP contribution is -2.27. The van der Waals surface area contributed by atoms with Gasteiger partial charge < -0.3 is 0 Å². The Balaban J connectivity index is 3.30. The molecule has 0 aliphatic carbocycles. The highest BCUT2D eigenvalue weighted by atomic mass is 19.4. The van der Waals surface area contributed by atoms with Crippen molar-refractivity contribution < 1.29 is 22.4 Å². The number of halogens is 4. The van der Waals surface area contributed by atoms with Crippen LogP contribution < -0.4 is 5.90 Å². The molecule has 0 heterocycles. The lowest BCUT2D eigenvalue weighted by Gasteiger charge is -2.23. The summed E-state index contributed by atoms with van der Waals surface area (Å²) in [6.45, 7) is 2.76. The van der Waals surface area contributed by atoms with E-state index in [2.05, 4.69) is 4.84 Å². The Labute approximate surface area is 90.0 Å². The normalized spacial score (nSPS) is 12.9. The minimum absolute atomic E-state index is 0.232. The third kappa shape index (κ3) is 2.51. The summed E-state index contributed by atoms with van der Waals surface area (Å²) < 4.78 is 50.5. The third-order valence-corrected chi connectivity index (χ3v) is 2.24. The van der Waals surface area contributed by atoms with Crippen LogP contribution in [-0.4, -0.2) is 0 Å². The van der Waals surface area contributed by atoms with Crippen LogP contribution in [0.2, 0.25) is 0 Å². The second kappa shape index (κ2) is 4.03. The molecule has 6 heteroatoms. The van der Waals surface area contributed by atoms with Crippen LogP contribution >= 0.6 is 0 Å². The number of alkyl halides is 3. The molecule has 0 unspecified atom stereocenters. The molecule has 0 bridgehead atoms. The van der Waals surface area contributed by atoms with Gasteiger partial charge in [-0.3, -0.25) is 4.84 Å². The summed E-state index contributed by atoms with van der Waals surface area (Å²) in [4.78, 5) is 4.46. The van der Waals surface area contributed by atoms with E-state index < -0.39 is 23.2 Å². The van der Waals surface area contributed by atoms with Crippen molar-refractivity contribution in [2.45, 2.75) is 25.6 Å². The van der Waals surface area contributed by atoms with E-state index in [0.29, 0.717) is 12.1 Å². The first kappa shape index (κ1) is 12.9. The fourth-order valence-electron chi connectivity index (χ4n) is 1.23. The van der Waals surface area contributed by atoms with Gasteiger partial charge in [-0.25, -0.2) is 10.3 Å². The number of rotatable bonds is 2. The molecular formula is C10H11F4NO. The van der Waals surface area contributed by atoms with E-state index in [1.54, 1.807) is 0 Å². The van der Waals surface area contributed by atoms with E-state index in [1.807, 2.05) is 0 Å². The lowest BCUT2D eigenvalue weighted by molar-refractivity contribution is -0.137. The van der Waals surface area contributed by atoms with Gasteiger partial charge in [-0.2, -0.15) is 13.2 Å². The number of nitrogens with two attached hydrogens (primary N) is 1. The topological polar surface area (TPSA) is 35.2 Å². The second-order valence-electron chi connectivity index (χ2n) is 3.82. The highest BCUT2D eigenvalue weighted by molar-refractivity contribution is 5.30. The van der Waals surface area contributed by atoms with Crippen LogP contribution in [0.15, 0.2) is 18.2 Å². The molecule has 1 aromatic carbocycles. The van der Waals surface area contributed by atoms with Gasteiger partial charge in [-0.15, -0.1) is 0 Å². The summed E-state index contributed by atoms with van der Waals surface area (Å²) in [6.07, 6.45) is -4.52. The van der Waals surface area contributed by atoms with Crippen molar-refractivity contribution in [3.8, 4) is 0 Å². The van der Waals surface area contributed by atoms with Crippen LogP contribution in [0.25, 0.3) is 0 Å². The minimum atomic E-state index is -4.52. The average Bonchev–Trinajstić information content (AvgIpc) is 2.16. The van der Waals surface area contributed by atoms with Gasteiger partial charge in [0.15, 0.2) is 0 Å². The second-order valence-corrected chi connectivity index (χ2v) is 3.82. The van der Waals surface area contributed by atoms with Gasteiger partial charge in [0.05, 0.1) is 5.56 Å². The zero-order valence-corrected chi connectivity index (χ0v) is 8.73. The van der Waals surface area contributed by atoms with Gasteiger partial charge in [0, 0.05) is 5.56 Å². The maximum atomic E-state index is 13.3. The SMILES string of the molecule is CC(C)(ON)c1cc(C(F)(F)F)ccc1F. The first-order valence-corrected chi connectivity index (χ1v) is 4.43. The van der Waals surface area contributed by atoms with E-state index in [9.17, 15) is 17.6 Å². The summed E-state index contributed by atoms with van der Waals surface area (Å²) in [6, 6.07) is 2.12. The Hall–Kier alpha value is -1.14. The fraction of sp³-hybridized carbons (Fsp3) is 0.400. The molecule has 0 atom stereocenters. The minimum Gasteiger partial charge on any atom is -0.294 e. The molecule has 0 spiro atoms. The molecule has 1 rings (SSSR count). The lowest BCUT2D eigenvalue weighted by atomic mass is 9.95. The zero-order chi connectivity index (χ0) is 12.6. The standard InChI is InChI=1S/C10H11F4NO/c1-9(2,16-15)7-5-6(10(12,13)14)3-4-8(7)11/h3-5H,15H2,1-2H3. The largest absolute Gasteiger partial charge is 0.416 e. The number of hydrogen-bond acceptors (Lipinski definition) is 2. The zero-order valence-electron chi connectivity index (χ0n) is 8.73. The molecule has 0 fully saturated rings. The van der Waals surface area contributed by atoms with Gasteiger partial charge in [-0.05, 0) is 32.0 Å². The van der Waals surface area contributed by atoms with Crippen molar-refractivity contribution in [3.05, 3.63) is 35.1 Å². The van der Waals surface area contributed by atoms with Crippen molar-refractivity contribution in [3.63, 3.8) is 0 Å². The molecule has 90 valence electrons. The fourth-order valence-corrected chi connectivity index (χ4v) is 1.23. The molecule has 0 radical (unpaired) electrons. The van der Waals surface area contributed by atoms with Crippen molar-refractivity contribution in [1.82, 2.24) is 0 Å². The quantitative estimate of drug-likeness (QED) is 0.634. The predicted octanol–water partition coefficient (Wildman–Crippen LogP) is 2.97. The van der Waals surface area contributed by atoms with Gasteiger partial charge in [-0.1, -0.05) is 0 Å². The molecule has 0 aliphatic heterocycles. The first-order chi connectivity index (χ1) is 7.18. The Bertz CT molecular complexity index is 387. The van der Waals surface area contributed by atoms with Crippen molar-refractivity contribution in [1.29, 1.82) is 0 Å². The van der Waals surface area contributed by atoms with Gasteiger partial charge in [0.25, 0.3) is 0 Å². The van der Waals surface area contributed by atoms with E-state index in [1.165, 1.54) is 13.8 Å². The van der Waals surface area contributed by atoms with Crippen LogP contribution in [0, 0.1) is 5.82 Å². The van der Waals surface area contributed by atoms with Crippen LogP contribution in [0.1, 0.15) is 25.0 Å². The predicted molar refractivity (Wildman–Crippen MR) is 49.7 cm³/mol. The number of benzene rings is 1. The van der Waals surface area contributed by atoms with Crippen LogP contribution in [-0.2, 0) is 16.6 Å². The smallest absolute Gasteiger partial charge is 0.294 e. The maximum Gasteiger partial charge on any atom is 0.416 e. The molecule has 0 aliphatic rings. The van der Waals surface area contributed by atoms with Crippen LogP contribution in [0.4, 0.5) is 17.6 Å². The van der Waals surface area contributed by atoms with Gasteiger partial charge in [0.2, 0.25) is 0 Å². The molecule has 1 aromatic rings. The number of hydrogen-bond donors (Lipinski definition) is 1. The molecule has 2 nitrogen and oxygen atoms in total. The van der Waals surface area contributed by atoms with E-state index in [4.69, 9.17) is 5.90 Å². The summed E-state index contributed by atoms with van der Waals surface area (Å²) >= 11 is 0. The highest BCUT2D eigenvalue weighted by Crippen LogP contribution is 2.34. The van der Waals surface area contributed by atoms with E-state index in [0.717, 1.165) is 6.07 Å². The Morgan fingerprint density at radius 3 is 2.19 bits per heavy atom. The molecule has 0 aromatic heterocycles. The van der Waals surface area contributed by atoms with Crippen molar-refractivity contribution >= 4 is 0 Å². The summed E-state index contributed by atoms with van der Waals surface area (Å²) in [7, 11) is 0.